The van der Waals surface area contributed by atoms with Crippen LogP contribution in [0.25, 0.3) is 0 Å². The van der Waals surface area contributed by atoms with Crippen LogP contribution < -0.4 is 5.73 Å². The van der Waals surface area contributed by atoms with E-state index in [0.29, 0.717) is 5.82 Å². The minimum atomic E-state index is 0.510. The Balaban J connectivity index is 1.98. The van der Waals surface area contributed by atoms with E-state index in [4.69, 9.17) is 5.73 Å². The van der Waals surface area contributed by atoms with Crippen LogP contribution in [-0.4, -0.2) is 19.7 Å². The summed E-state index contributed by atoms with van der Waals surface area (Å²) in [4.78, 5) is 8.20. The van der Waals surface area contributed by atoms with E-state index in [1.165, 1.54) is 0 Å². The quantitative estimate of drug-likeness (QED) is 0.763. The third kappa shape index (κ3) is 2.07. The molecule has 0 amide bonds. The van der Waals surface area contributed by atoms with E-state index in [2.05, 4.69) is 15.1 Å². The molecule has 72 valence electrons. The molecule has 0 aliphatic carbocycles. The summed E-state index contributed by atoms with van der Waals surface area (Å²) in [5.74, 6) is 1.26. The molecular formula is C9H11N5. The maximum atomic E-state index is 5.53. The first-order valence-electron chi connectivity index (χ1n) is 4.39. The van der Waals surface area contributed by atoms with Crippen molar-refractivity contribution < 1.29 is 0 Å². The van der Waals surface area contributed by atoms with Crippen LogP contribution >= 0.6 is 0 Å². The van der Waals surface area contributed by atoms with E-state index in [-0.39, 0.29) is 0 Å². The predicted molar refractivity (Wildman–Crippen MR) is 52.4 cm³/mol. The average molecular weight is 189 g/mol. The molecule has 0 saturated heterocycles. The van der Waals surface area contributed by atoms with Crippen molar-refractivity contribution in [1.82, 2.24) is 19.7 Å². The van der Waals surface area contributed by atoms with E-state index in [1.807, 2.05) is 16.9 Å². The fourth-order valence-electron chi connectivity index (χ4n) is 1.18. The molecule has 5 heteroatoms. The summed E-state index contributed by atoms with van der Waals surface area (Å²) in [6.45, 7) is 0.774. The molecule has 2 N–H and O–H groups in total. The lowest BCUT2D eigenvalue weighted by atomic mass is 10.4. The number of nitrogens with zero attached hydrogens (tertiary/aromatic N) is 4. The van der Waals surface area contributed by atoms with Gasteiger partial charge in [0.25, 0.3) is 0 Å². The summed E-state index contributed by atoms with van der Waals surface area (Å²) in [6.07, 6.45) is 6.07. The number of hydrogen-bond donors (Lipinski definition) is 1. The number of anilines is 1. The highest BCUT2D eigenvalue weighted by Gasteiger charge is 1.97. The molecule has 0 aromatic carbocycles. The normalized spacial score (nSPS) is 10.3. The van der Waals surface area contributed by atoms with Crippen LogP contribution in [0, 0.1) is 0 Å². The van der Waals surface area contributed by atoms with Gasteiger partial charge in [-0.05, 0) is 12.1 Å². The molecule has 0 atom stereocenters. The zero-order valence-electron chi connectivity index (χ0n) is 7.67. The van der Waals surface area contributed by atoms with Crippen LogP contribution in [0.1, 0.15) is 5.82 Å². The summed E-state index contributed by atoms with van der Waals surface area (Å²) in [6, 6.07) is 3.57. The van der Waals surface area contributed by atoms with Gasteiger partial charge in [0.2, 0.25) is 0 Å². The minimum Gasteiger partial charge on any atom is -0.384 e. The van der Waals surface area contributed by atoms with Crippen molar-refractivity contribution in [3.8, 4) is 0 Å². The van der Waals surface area contributed by atoms with Crippen LogP contribution in [0.3, 0.4) is 0 Å². The zero-order valence-corrected chi connectivity index (χ0v) is 7.67. The van der Waals surface area contributed by atoms with E-state index in [9.17, 15) is 0 Å². The highest BCUT2D eigenvalue weighted by atomic mass is 15.3. The Morgan fingerprint density at radius 3 is 3.00 bits per heavy atom. The monoisotopic (exact) mass is 189 g/mol. The van der Waals surface area contributed by atoms with Gasteiger partial charge in [-0.15, -0.1) is 0 Å². The Morgan fingerprint density at radius 1 is 1.36 bits per heavy atom. The van der Waals surface area contributed by atoms with E-state index in [1.54, 1.807) is 18.5 Å². The van der Waals surface area contributed by atoms with Gasteiger partial charge >= 0.3 is 0 Å². The van der Waals surface area contributed by atoms with Crippen LogP contribution in [0.5, 0.6) is 0 Å². The van der Waals surface area contributed by atoms with Crippen molar-refractivity contribution in [2.45, 2.75) is 13.0 Å². The van der Waals surface area contributed by atoms with Gasteiger partial charge in [-0.1, -0.05) is 0 Å². The predicted octanol–water partition coefficient (Wildman–Crippen LogP) is 0.498. The fourth-order valence-corrected chi connectivity index (χ4v) is 1.18. The van der Waals surface area contributed by atoms with Crippen LogP contribution in [0.2, 0.25) is 0 Å². The number of rotatable bonds is 3. The third-order valence-corrected chi connectivity index (χ3v) is 1.85. The second-order valence-corrected chi connectivity index (χ2v) is 2.92. The Hall–Kier alpha value is -1.91. The van der Waals surface area contributed by atoms with E-state index >= 15 is 0 Å². The second-order valence-electron chi connectivity index (χ2n) is 2.92. The molecule has 0 radical (unpaired) electrons. The van der Waals surface area contributed by atoms with Crippen molar-refractivity contribution in [2.75, 3.05) is 5.73 Å². The smallest absolute Gasteiger partial charge is 0.132 e. The van der Waals surface area contributed by atoms with Crippen LogP contribution in [0.15, 0.2) is 30.7 Å². The molecule has 0 aliphatic heterocycles. The molecule has 2 rings (SSSR count). The summed E-state index contributed by atoms with van der Waals surface area (Å²) < 4.78 is 1.84. The molecule has 2 aromatic rings. The SMILES string of the molecule is Nc1ccnc(CCn2cccn2)n1. The zero-order chi connectivity index (χ0) is 9.80. The molecule has 14 heavy (non-hydrogen) atoms. The van der Waals surface area contributed by atoms with Gasteiger partial charge in [-0.2, -0.15) is 5.10 Å². The second kappa shape index (κ2) is 3.87. The van der Waals surface area contributed by atoms with Crippen molar-refractivity contribution in [3.05, 3.63) is 36.5 Å². The molecule has 5 nitrogen and oxygen atoms in total. The van der Waals surface area contributed by atoms with Gasteiger partial charge in [-0.25, -0.2) is 9.97 Å². The first kappa shape index (κ1) is 8.68. The van der Waals surface area contributed by atoms with Crippen molar-refractivity contribution >= 4 is 5.82 Å². The summed E-state index contributed by atoms with van der Waals surface area (Å²) in [5, 5.41) is 4.08. The van der Waals surface area contributed by atoms with Gasteiger partial charge < -0.3 is 5.73 Å². The average Bonchev–Trinajstić information content (AvgIpc) is 2.67. The highest BCUT2D eigenvalue weighted by molar-refractivity contribution is 5.24. The molecule has 2 heterocycles. The highest BCUT2D eigenvalue weighted by Crippen LogP contribution is 1.98. The molecule has 0 aliphatic rings. The number of aromatic nitrogens is 4. The van der Waals surface area contributed by atoms with E-state index < -0.39 is 0 Å². The molecule has 0 bridgehead atoms. The topological polar surface area (TPSA) is 69.6 Å². The van der Waals surface area contributed by atoms with Gasteiger partial charge in [0.05, 0.1) is 0 Å². The largest absolute Gasteiger partial charge is 0.384 e. The molecule has 0 unspecified atom stereocenters. The molecule has 0 fully saturated rings. The molecule has 0 saturated carbocycles. The lowest BCUT2D eigenvalue weighted by molar-refractivity contribution is 0.600. The first-order chi connectivity index (χ1) is 6.84. The number of hydrogen-bond acceptors (Lipinski definition) is 4. The lowest BCUT2D eigenvalue weighted by Gasteiger charge is -2.00. The fraction of sp³-hybridized carbons (Fsp3) is 0.222. The number of aryl methyl sites for hydroxylation is 2. The Morgan fingerprint density at radius 2 is 2.29 bits per heavy atom. The van der Waals surface area contributed by atoms with Crippen LogP contribution in [-0.2, 0) is 13.0 Å². The lowest BCUT2D eigenvalue weighted by Crippen LogP contribution is -2.05. The maximum Gasteiger partial charge on any atom is 0.132 e. The Bertz CT molecular complexity index is 395. The van der Waals surface area contributed by atoms with Gasteiger partial charge in [0.1, 0.15) is 11.6 Å². The van der Waals surface area contributed by atoms with E-state index in [0.717, 1.165) is 18.8 Å². The molecular weight excluding hydrogens is 178 g/mol. The summed E-state index contributed by atoms with van der Waals surface area (Å²) >= 11 is 0. The number of nitrogens with two attached hydrogens (primary N) is 1. The first-order valence-corrected chi connectivity index (χ1v) is 4.39. The molecule has 0 spiro atoms. The summed E-state index contributed by atoms with van der Waals surface area (Å²) in [5.41, 5.74) is 5.53. The number of nitrogen functional groups attached to an aromatic ring is 1. The minimum absolute atomic E-state index is 0.510. The standard InChI is InChI=1S/C9H11N5/c10-8-2-5-11-9(13-8)3-7-14-6-1-4-12-14/h1-2,4-6H,3,7H2,(H2,10,11,13). The third-order valence-electron chi connectivity index (χ3n) is 1.85. The van der Waals surface area contributed by atoms with Crippen molar-refractivity contribution in [1.29, 1.82) is 0 Å². The Kier molecular flexibility index (Phi) is 2.40. The van der Waals surface area contributed by atoms with Gasteiger partial charge in [0, 0.05) is 31.6 Å². The van der Waals surface area contributed by atoms with Crippen LogP contribution in [0.4, 0.5) is 5.82 Å². The maximum absolute atomic E-state index is 5.53. The van der Waals surface area contributed by atoms with Crippen molar-refractivity contribution in [2.24, 2.45) is 0 Å². The Labute approximate surface area is 81.6 Å². The summed E-state index contributed by atoms with van der Waals surface area (Å²) in [7, 11) is 0. The van der Waals surface area contributed by atoms with Gasteiger partial charge in [0.15, 0.2) is 0 Å². The molecule has 2 aromatic heterocycles. The van der Waals surface area contributed by atoms with Gasteiger partial charge in [-0.3, -0.25) is 4.68 Å². The van der Waals surface area contributed by atoms with Crippen molar-refractivity contribution in [3.63, 3.8) is 0 Å².